The van der Waals surface area contributed by atoms with E-state index in [0.29, 0.717) is 11.2 Å². The number of primary amides is 1. The van der Waals surface area contributed by atoms with Gasteiger partial charge in [0.05, 0.1) is 29.1 Å². The van der Waals surface area contributed by atoms with Crippen LogP contribution in [0.4, 0.5) is 4.39 Å². The topological polar surface area (TPSA) is 97.1 Å². The van der Waals surface area contributed by atoms with Crippen LogP contribution in [0.5, 0.6) is 0 Å². The highest BCUT2D eigenvalue weighted by atomic mass is 19.1. The zero-order chi connectivity index (χ0) is 15.9. The fraction of sp³-hybridized carbons (Fsp3) is 0.0667. The molecular weight excluding hydrogens is 285 g/mol. The second-order valence-electron chi connectivity index (χ2n) is 4.73. The molecule has 0 saturated heterocycles. The lowest BCUT2D eigenvalue weighted by molar-refractivity contribution is 0.0993. The average molecular weight is 295 g/mol. The molecule has 2 aromatic heterocycles. The van der Waals surface area contributed by atoms with Crippen molar-refractivity contribution in [2.24, 2.45) is 5.73 Å². The van der Waals surface area contributed by atoms with Gasteiger partial charge in [0, 0.05) is 0 Å². The van der Waals surface area contributed by atoms with E-state index >= 15 is 0 Å². The van der Waals surface area contributed by atoms with E-state index in [1.165, 1.54) is 28.9 Å². The van der Waals surface area contributed by atoms with Crippen molar-refractivity contribution in [1.29, 1.82) is 5.26 Å². The molecule has 0 aliphatic rings. The van der Waals surface area contributed by atoms with E-state index in [0.717, 1.165) is 0 Å². The first kappa shape index (κ1) is 13.7. The predicted molar refractivity (Wildman–Crippen MR) is 76.4 cm³/mol. The van der Waals surface area contributed by atoms with Gasteiger partial charge in [-0.2, -0.15) is 10.4 Å². The maximum atomic E-state index is 14.1. The number of aromatic nitrogens is 3. The molecule has 0 saturated carbocycles. The zero-order valence-corrected chi connectivity index (χ0v) is 11.5. The van der Waals surface area contributed by atoms with Gasteiger partial charge in [-0.25, -0.2) is 13.9 Å². The zero-order valence-electron chi connectivity index (χ0n) is 11.5. The first-order chi connectivity index (χ1) is 10.5. The Kier molecular flexibility index (Phi) is 3.07. The molecule has 22 heavy (non-hydrogen) atoms. The normalized spacial score (nSPS) is 10.6. The SMILES string of the molecule is Cc1cc(-c2c(F)cccc2C#N)nn2c(C(N)=O)cnc12. The van der Waals surface area contributed by atoms with E-state index in [2.05, 4.69) is 10.1 Å². The molecule has 1 aromatic carbocycles. The predicted octanol–water partition coefficient (Wildman–Crippen LogP) is 1.81. The molecule has 0 radical (unpaired) electrons. The quantitative estimate of drug-likeness (QED) is 0.779. The van der Waals surface area contributed by atoms with Crippen LogP contribution >= 0.6 is 0 Å². The van der Waals surface area contributed by atoms with Crippen molar-refractivity contribution in [3.63, 3.8) is 0 Å². The molecule has 0 bridgehead atoms. The lowest BCUT2D eigenvalue weighted by atomic mass is 10.0. The second kappa shape index (κ2) is 4.93. The van der Waals surface area contributed by atoms with E-state index < -0.39 is 11.7 Å². The summed E-state index contributed by atoms with van der Waals surface area (Å²) in [6, 6.07) is 7.76. The van der Waals surface area contributed by atoms with Gasteiger partial charge in [-0.05, 0) is 30.7 Å². The Morgan fingerprint density at radius 1 is 1.45 bits per heavy atom. The van der Waals surface area contributed by atoms with Crippen LogP contribution in [-0.4, -0.2) is 20.5 Å². The van der Waals surface area contributed by atoms with E-state index in [4.69, 9.17) is 11.0 Å². The second-order valence-corrected chi connectivity index (χ2v) is 4.73. The summed E-state index contributed by atoms with van der Waals surface area (Å²) in [6.07, 6.45) is 1.31. The van der Waals surface area contributed by atoms with E-state index in [1.807, 2.05) is 6.07 Å². The van der Waals surface area contributed by atoms with Crippen LogP contribution in [0.1, 0.15) is 21.6 Å². The summed E-state index contributed by atoms with van der Waals surface area (Å²) >= 11 is 0. The number of hydrogen-bond acceptors (Lipinski definition) is 4. The van der Waals surface area contributed by atoms with Gasteiger partial charge in [0.1, 0.15) is 11.5 Å². The van der Waals surface area contributed by atoms with Crippen molar-refractivity contribution in [3.05, 3.63) is 53.1 Å². The number of nitrogens with zero attached hydrogens (tertiary/aromatic N) is 4. The average Bonchev–Trinajstić information content (AvgIpc) is 2.91. The van der Waals surface area contributed by atoms with Crippen molar-refractivity contribution < 1.29 is 9.18 Å². The Balaban J connectivity index is 2.36. The molecule has 0 atom stereocenters. The van der Waals surface area contributed by atoms with Gasteiger partial charge in [-0.1, -0.05) is 6.07 Å². The Hall–Kier alpha value is -3.27. The molecule has 0 aliphatic carbocycles. The maximum Gasteiger partial charge on any atom is 0.269 e. The maximum absolute atomic E-state index is 14.1. The monoisotopic (exact) mass is 295 g/mol. The minimum atomic E-state index is -0.689. The number of amides is 1. The molecule has 0 aliphatic heterocycles. The van der Waals surface area contributed by atoms with Crippen molar-refractivity contribution >= 4 is 11.6 Å². The highest BCUT2D eigenvalue weighted by Crippen LogP contribution is 2.26. The molecule has 3 rings (SSSR count). The van der Waals surface area contributed by atoms with Crippen LogP contribution in [0.25, 0.3) is 16.9 Å². The van der Waals surface area contributed by atoms with Gasteiger partial charge in [0.2, 0.25) is 0 Å². The Bertz CT molecular complexity index is 954. The molecule has 0 spiro atoms. The summed E-state index contributed by atoms with van der Waals surface area (Å²) in [6.45, 7) is 1.76. The van der Waals surface area contributed by atoms with E-state index in [-0.39, 0.29) is 22.5 Å². The number of hydrogen-bond donors (Lipinski definition) is 1. The van der Waals surface area contributed by atoms with Crippen molar-refractivity contribution in [2.45, 2.75) is 6.92 Å². The number of rotatable bonds is 2. The molecule has 0 unspecified atom stereocenters. The van der Waals surface area contributed by atoms with Crippen molar-refractivity contribution in [1.82, 2.24) is 14.6 Å². The number of fused-ring (bicyclic) bond motifs is 1. The highest BCUT2D eigenvalue weighted by molar-refractivity contribution is 5.91. The van der Waals surface area contributed by atoms with Gasteiger partial charge >= 0.3 is 0 Å². The molecule has 2 N–H and O–H groups in total. The molecule has 6 nitrogen and oxygen atoms in total. The van der Waals surface area contributed by atoms with Gasteiger partial charge in [-0.3, -0.25) is 4.79 Å². The summed E-state index contributed by atoms with van der Waals surface area (Å²) in [5.74, 6) is -1.25. The smallest absolute Gasteiger partial charge is 0.269 e. The third-order valence-corrected chi connectivity index (χ3v) is 3.29. The number of imidazole rings is 1. The van der Waals surface area contributed by atoms with Crippen LogP contribution in [0.15, 0.2) is 30.5 Å². The fourth-order valence-corrected chi connectivity index (χ4v) is 2.29. The highest BCUT2D eigenvalue weighted by Gasteiger charge is 2.17. The van der Waals surface area contributed by atoms with Crippen LogP contribution in [0, 0.1) is 24.1 Å². The minimum Gasteiger partial charge on any atom is -0.364 e. The van der Waals surface area contributed by atoms with Gasteiger partial charge in [0.25, 0.3) is 5.91 Å². The summed E-state index contributed by atoms with van der Waals surface area (Å²) in [7, 11) is 0. The number of aryl methyl sites for hydroxylation is 1. The number of nitrogens with two attached hydrogens (primary N) is 1. The lowest BCUT2D eigenvalue weighted by Gasteiger charge is -2.08. The standard InChI is InChI=1S/C15H10FN5O/c1-8-5-11(13-9(6-17)3-2-4-10(13)16)20-21-12(14(18)22)7-19-15(8)21/h2-5,7H,1H3,(H2,18,22). The van der Waals surface area contributed by atoms with Crippen LogP contribution in [-0.2, 0) is 0 Å². The number of carbonyl (C=O) groups excluding carboxylic acids is 1. The number of benzene rings is 1. The van der Waals surface area contributed by atoms with Crippen LogP contribution in [0.3, 0.4) is 0 Å². The summed E-state index contributed by atoms with van der Waals surface area (Å²) in [5, 5.41) is 13.4. The van der Waals surface area contributed by atoms with Crippen molar-refractivity contribution in [3.8, 4) is 17.3 Å². The molecular formula is C15H10FN5O. The van der Waals surface area contributed by atoms with Crippen LogP contribution in [0.2, 0.25) is 0 Å². The first-order valence-corrected chi connectivity index (χ1v) is 6.37. The minimum absolute atomic E-state index is 0.0825. The molecule has 1 amide bonds. The van der Waals surface area contributed by atoms with E-state index in [1.54, 1.807) is 13.0 Å². The number of carbonyl (C=O) groups is 1. The largest absolute Gasteiger partial charge is 0.364 e. The Morgan fingerprint density at radius 2 is 2.23 bits per heavy atom. The summed E-state index contributed by atoms with van der Waals surface area (Å²) in [5.41, 5.74) is 6.99. The Labute approximate surface area is 124 Å². The summed E-state index contributed by atoms with van der Waals surface area (Å²) in [4.78, 5) is 15.5. The molecule has 3 aromatic rings. The van der Waals surface area contributed by atoms with Crippen molar-refractivity contribution in [2.75, 3.05) is 0 Å². The Morgan fingerprint density at radius 3 is 2.91 bits per heavy atom. The molecule has 7 heteroatoms. The van der Waals surface area contributed by atoms with Gasteiger partial charge < -0.3 is 5.73 Å². The lowest BCUT2D eigenvalue weighted by Crippen LogP contribution is -2.15. The molecule has 108 valence electrons. The first-order valence-electron chi connectivity index (χ1n) is 6.37. The molecule has 2 heterocycles. The number of nitriles is 1. The van der Waals surface area contributed by atoms with Gasteiger partial charge in [0.15, 0.2) is 5.65 Å². The van der Waals surface area contributed by atoms with Crippen LogP contribution < -0.4 is 5.73 Å². The fourth-order valence-electron chi connectivity index (χ4n) is 2.29. The third-order valence-electron chi connectivity index (χ3n) is 3.29. The summed E-state index contributed by atoms with van der Waals surface area (Å²) < 4.78 is 15.4. The molecule has 0 fully saturated rings. The number of halogens is 1. The van der Waals surface area contributed by atoms with Gasteiger partial charge in [-0.15, -0.1) is 0 Å². The van der Waals surface area contributed by atoms with E-state index in [9.17, 15) is 9.18 Å². The third kappa shape index (κ3) is 1.98.